The number of benzene rings is 1. The number of nitrogens with one attached hydrogen (secondary N) is 2. The van der Waals surface area contributed by atoms with E-state index in [1.54, 1.807) is 0 Å². The maximum absolute atomic E-state index is 11.8. The van der Waals surface area contributed by atoms with Gasteiger partial charge in [-0.05, 0) is 18.9 Å². The fraction of sp³-hybridized carbons (Fsp3) is 0.250. The summed E-state index contributed by atoms with van der Waals surface area (Å²) >= 11 is 0. The van der Waals surface area contributed by atoms with Gasteiger partial charge in [-0.3, -0.25) is 4.79 Å². The molecule has 2 N–H and O–H groups in total. The molecule has 0 aliphatic carbocycles. The van der Waals surface area contributed by atoms with Crippen molar-refractivity contribution in [3.05, 3.63) is 35.5 Å². The molecule has 15 heavy (non-hydrogen) atoms. The summed E-state index contributed by atoms with van der Waals surface area (Å²) in [5.74, 6) is 0.0283. The lowest BCUT2D eigenvalue weighted by atomic mass is 10.0. The Hall–Kier alpha value is -1.77. The van der Waals surface area contributed by atoms with Gasteiger partial charge in [0.05, 0.1) is 5.57 Å². The molecule has 2 aliphatic rings. The highest BCUT2D eigenvalue weighted by atomic mass is 16.2. The molecule has 1 amide bonds. The Balaban J connectivity index is 2.17. The van der Waals surface area contributed by atoms with E-state index in [0.717, 1.165) is 41.9 Å². The standard InChI is InChI=1S/C12H12N2O/c15-12-11(10-6-3-7-13-10)8-4-1-2-5-9(8)14-12/h1-2,4-5,13H,3,6-7H2,(H,14,15)/b11-10+. The number of fused-ring (bicyclic) bond motifs is 1. The molecule has 0 unspecified atom stereocenters. The molecule has 3 rings (SSSR count). The number of amides is 1. The summed E-state index contributed by atoms with van der Waals surface area (Å²) in [6.45, 7) is 0.980. The Bertz CT molecular complexity index is 454. The Morgan fingerprint density at radius 3 is 2.87 bits per heavy atom. The topological polar surface area (TPSA) is 41.1 Å². The van der Waals surface area contributed by atoms with E-state index in [9.17, 15) is 4.79 Å². The molecule has 1 aromatic rings. The first-order chi connectivity index (χ1) is 7.36. The van der Waals surface area contributed by atoms with E-state index < -0.39 is 0 Å². The van der Waals surface area contributed by atoms with Gasteiger partial charge in [0.25, 0.3) is 5.91 Å². The molecule has 0 atom stereocenters. The summed E-state index contributed by atoms with van der Waals surface area (Å²) in [4.78, 5) is 11.8. The lowest BCUT2D eigenvalue weighted by Crippen LogP contribution is -2.11. The molecule has 0 bridgehead atoms. The number of anilines is 1. The first-order valence-electron chi connectivity index (χ1n) is 5.24. The average Bonchev–Trinajstić information content (AvgIpc) is 2.82. The van der Waals surface area contributed by atoms with Gasteiger partial charge in [-0.2, -0.15) is 0 Å². The minimum atomic E-state index is 0.0283. The van der Waals surface area contributed by atoms with Crippen molar-refractivity contribution < 1.29 is 4.79 Å². The second-order valence-corrected chi connectivity index (χ2v) is 3.88. The number of carbonyl (C=O) groups is 1. The van der Waals surface area contributed by atoms with Crippen molar-refractivity contribution in [2.45, 2.75) is 12.8 Å². The van der Waals surface area contributed by atoms with Gasteiger partial charge in [0.15, 0.2) is 0 Å². The fourth-order valence-electron chi connectivity index (χ4n) is 2.22. The molecular formula is C12H12N2O. The molecule has 1 saturated heterocycles. The van der Waals surface area contributed by atoms with Crippen LogP contribution in [0.2, 0.25) is 0 Å². The minimum Gasteiger partial charge on any atom is -0.388 e. The molecule has 1 aromatic carbocycles. The summed E-state index contributed by atoms with van der Waals surface area (Å²) in [6.07, 6.45) is 2.10. The Morgan fingerprint density at radius 1 is 1.20 bits per heavy atom. The first-order valence-corrected chi connectivity index (χ1v) is 5.24. The van der Waals surface area contributed by atoms with Crippen molar-refractivity contribution in [3.63, 3.8) is 0 Å². The Labute approximate surface area is 88.2 Å². The highest BCUT2D eigenvalue weighted by Gasteiger charge is 2.27. The van der Waals surface area contributed by atoms with Crippen LogP contribution in [0.25, 0.3) is 5.57 Å². The molecule has 0 radical (unpaired) electrons. The van der Waals surface area contributed by atoms with Gasteiger partial charge in [0.1, 0.15) is 0 Å². The number of rotatable bonds is 0. The lowest BCUT2D eigenvalue weighted by molar-refractivity contribution is -0.110. The highest BCUT2D eigenvalue weighted by molar-refractivity contribution is 6.32. The maximum atomic E-state index is 11.8. The van der Waals surface area contributed by atoms with Gasteiger partial charge >= 0.3 is 0 Å². The first kappa shape index (κ1) is 8.53. The summed E-state index contributed by atoms with van der Waals surface area (Å²) in [5, 5.41) is 6.18. The van der Waals surface area contributed by atoms with Gasteiger partial charge in [-0.1, -0.05) is 18.2 Å². The quantitative estimate of drug-likeness (QED) is 0.626. The number of allylic oxidation sites excluding steroid dienone is 1. The van der Waals surface area contributed by atoms with E-state index in [1.807, 2.05) is 24.3 Å². The van der Waals surface area contributed by atoms with Gasteiger partial charge in [0.2, 0.25) is 0 Å². The van der Waals surface area contributed by atoms with E-state index in [0.29, 0.717) is 0 Å². The average molecular weight is 200 g/mol. The molecule has 1 fully saturated rings. The summed E-state index contributed by atoms with van der Waals surface area (Å²) in [7, 11) is 0. The number of hydrogen-bond acceptors (Lipinski definition) is 2. The van der Waals surface area contributed by atoms with Crippen LogP contribution in [-0.4, -0.2) is 12.5 Å². The zero-order valence-electron chi connectivity index (χ0n) is 8.34. The number of hydrogen-bond donors (Lipinski definition) is 2. The van der Waals surface area contributed by atoms with Crippen LogP contribution in [0.5, 0.6) is 0 Å². The van der Waals surface area contributed by atoms with Gasteiger partial charge in [-0.25, -0.2) is 0 Å². The fourth-order valence-corrected chi connectivity index (χ4v) is 2.22. The van der Waals surface area contributed by atoms with Crippen LogP contribution in [0.3, 0.4) is 0 Å². The van der Waals surface area contributed by atoms with E-state index in [4.69, 9.17) is 0 Å². The molecule has 0 spiro atoms. The lowest BCUT2D eigenvalue weighted by Gasteiger charge is -2.03. The third kappa shape index (κ3) is 1.23. The van der Waals surface area contributed by atoms with Crippen LogP contribution in [0, 0.1) is 0 Å². The van der Waals surface area contributed by atoms with Gasteiger partial charge < -0.3 is 10.6 Å². The van der Waals surface area contributed by atoms with Crippen molar-refractivity contribution >= 4 is 17.2 Å². The zero-order valence-corrected chi connectivity index (χ0v) is 8.34. The van der Waals surface area contributed by atoms with E-state index in [-0.39, 0.29) is 5.91 Å². The predicted molar refractivity (Wildman–Crippen MR) is 59.2 cm³/mol. The van der Waals surface area contributed by atoms with Crippen molar-refractivity contribution in [3.8, 4) is 0 Å². The second kappa shape index (κ2) is 3.12. The molecule has 0 saturated carbocycles. The van der Waals surface area contributed by atoms with Crippen molar-refractivity contribution in [2.75, 3.05) is 11.9 Å². The Kier molecular flexibility index (Phi) is 1.78. The van der Waals surface area contributed by atoms with Crippen molar-refractivity contribution in [1.29, 1.82) is 0 Å². The SMILES string of the molecule is O=C1Nc2ccccc2/C1=C1/CCCN1. The highest BCUT2D eigenvalue weighted by Crippen LogP contribution is 2.34. The zero-order chi connectivity index (χ0) is 10.3. The third-order valence-electron chi connectivity index (χ3n) is 2.92. The minimum absolute atomic E-state index is 0.0283. The maximum Gasteiger partial charge on any atom is 0.258 e. The van der Waals surface area contributed by atoms with Crippen LogP contribution >= 0.6 is 0 Å². The van der Waals surface area contributed by atoms with E-state index in [2.05, 4.69) is 10.6 Å². The van der Waals surface area contributed by atoms with Gasteiger partial charge in [-0.15, -0.1) is 0 Å². The van der Waals surface area contributed by atoms with E-state index in [1.165, 1.54) is 0 Å². The van der Waals surface area contributed by atoms with Crippen LogP contribution in [0.15, 0.2) is 30.0 Å². The monoisotopic (exact) mass is 200 g/mol. The third-order valence-corrected chi connectivity index (χ3v) is 2.92. The molecule has 76 valence electrons. The van der Waals surface area contributed by atoms with Crippen LogP contribution in [-0.2, 0) is 4.79 Å². The molecule has 2 aliphatic heterocycles. The Morgan fingerprint density at radius 2 is 2.07 bits per heavy atom. The number of para-hydroxylation sites is 1. The van der Waals surface area contributed by atoms with Crippen molar-refractivity contribution in [1.82, 2.24) is 5.32 Å². The van der Waals surface area contributed by atoms with Crippen LogP contribution in [0.4, 0.5) is 5.69 Å². The second-order valence-electron chi connectivity index (χ2n) is 3.88. The molecule has 3 heteroatoms. The van der Waals surface area contributed by atoms with Gasteiger partial charge in [0, 0.05) is 23.5 Å². The van der Waals surface area contributed by atoms with Crippen molar-refractivity contribution in [2.24, 2.45) is 0 Å². The number of carbonyl (C=O) groups excluding carboxylic acids is 1. The summed E-state index contributed by atoms with van der Waals surface area (Å²) in [5.41, 5.74) is 3.89. The largest absolute Gasteiger partial charge is 0.388 e. The van der Waals surface area contributed by atoms with Crippen LogP contribution in [0.1, 0.15) is 18.4 Å². The smallest absolute Gasteiger partial charge is 0.258 e. The molecule has 3 nitrogen and oxygen atoms in total. The van der Waals surface area contributed by atoms with E-state index >= 15 is 0 Å². The predicted octanol–water partition coefficient (Wildman–Crippen LogP) is 1.73. The van der Waals surface area contributed by atoms with Crippen LogP contribution < -0.4 is 10.6 Å². The molecular weight excluding hydrogens is 188 g/mol. The molecule has 0 aromatic heterocycles. The summed E-state index contributed by atoms with van der Waals surface area (Å²) in [6, 6.07) is 7.84. The molecule has 2 heterocycles. The normalized spacial score (nSPS) is 23.6. The summed E-state index contributed by atoms with van der Waals surface area (Å²) < 4.78 is 0.